The topological polar surface area (TPSA) is 76.9 Å². The summed E-state index contributed by atoms with van der Waals surface area (Å²) in [5, 5.41) is 0.291. The van der Waals surface area contributed by atoms with Crippen LogP contribution in [0.5, 0.6) is 0 Å². The van der Waals surface area contributed by atoms with Crippen LogP contribution in [0.1, 0.15) is 12.6 Å². The number of hydrogen-bond donors (Lipinski definition) is 1. The predicted molar refractivity (Wildman–Crippen MR) is 72.7 cm³/mol. The van der Waals surface area contributed by atoms with E-state index in [1.165, 1.54) is 18.6 Å². The number of nitrogens with zero attached hydrogens (tertiary/aromatic N) is 3. The van der Waals surface area contributed by atoms with Crippen molar-refractivity contribution in [2.24, 2.45) is 0 Å². The maximum Gasteiger partial charge on any atom is 0.281 e. The lowest BCUT2D eigenvalue weighted by molar-refractivity contribution is 0.598. The van der Waals surface area contributed by atoms with E-state index < -0.39 is 10.0 Å². The maximum absolute atomic E-state index is 12.1. The molecule has 0 bridgehead atoms. The number of aromatic nitrogens is 3. The summed E-state index contributed by atoms with van der Waals surface area (Å²) < 4.78 is 28.4. The highest BCUT2D eigenvalue weighted by Gasteiger charge is 2.18. The zero-order valence-electron chi connectivity index (χ0n) is 10.5. The fraction of sp³-hybridized carbons (Fsp3) is 0.273. The largest absolute Gasteiger partial charge is 0.336 e. The Labute approximate surface area is 116 Å². The summed E-state index contributed by atoms with van der Waals surface area (Å²) >= 11 is 5.72. The summed E-state index contributed by atoms with van der Waals surface area (Å²) in [7, 11) is -3.70. The minimum absolute atomic E-state index is 0.0244. The Kier molecular flexibility index (Phi) is 3.77. The third kappa shape index (κ3) is 3.05. The summed E-state index contributed by atoms with van der Waals surface area (Å²) in [5.41, 5.74) is 0.890. The second-order valence-corrected chi connectivity index (χ2v) is 5.93. The molecule has 0 aliphatic carbocycles. The molecule has 19 heavy (non-hydrogen) atoms. The molecule has 2 rings (SSSR count). The van der Waals surface area contributed by atoms with Crippen LogP contribution in [-0.4, -0.2) is 23.0 Å². The van der Waals surface area contributed by atoms with Gasteiger partial charge in [0.25, 0.3) is 10.0 Å². The van der Waals surface area contributed by atoms with Crippen LogP contribution in [0.25, 0.3) is 0 Å². The first-order valence-corrected chi connectivity index (χ1v) is 7.46. The van der Waals surface area contributed by atoms with Crippen molar-refractivity contribution < 1.29 is 8.42 Å². The molecule has 2 aromatic rings. The molecule has 0 unspecified atom stereocenters. The molecule has 0 fully saturated rings. The minimum atomic E-state index is -3.70. The molecule has 0 aliphatic heterocycles. The lowest BCUT2D eigenvalue weighted by atomic mass is 10.3. The third-order valence-electron chi connectivity index (χ3n) is 2.55. The maximum atomic E-state index is 12.1. The van der Waals surface area contributed by atoms with Gasteiger partial charge in [0.05, 0.1) is 17.7 Å². The average molecular weight is 301 g/mol. The molecule has 1 N–H and O–H groups in total. The van der Waals surface area contributed by atoms with E-state index in [1.54, 1.807) is 17.6 Å². The van der Waals surface area contributed by atoms with Gasteiger partial charge in [-0.25, -0.2) is 9.97 Å². The second kappa shape index (κ2) is 5.18. The standard InChI is InChI=1S/C11H13ClN4O2S/c1-3-16-6-11(13-7-16)19(17,18)15-9-4-5-10(12)14-8(9)2/h4-7,15H,3H2,1-2H3. The van der Waals surface area contributed by atoms with E-state index in [-0.39, 0.29) is 5.03 Å². The Hall–Kier alpha value is -1.60. The summed E-state index contributed by atoms with van der Waals surface area (Å²) in [6.45, 7) is 4.23. The van der Waals surface area contributed by atoms with E-state index in [2.05, 4.69) is 14.7 Å². The van der Waals surface area contributed by atoms with Crippen LogP contribution in [-0.2, 0) is 16.6 Å². The van der Waals surface area contributed by atoms with E-state index in [0.717, 1.165) is 0 Å². The molecule has 0 aromatic carbocycles. The second-order valence-electron chi connectivity index (χ2n) is 3.91. The highest BCUT2D eigenvalue weighted by molar-refractivity contribution is 7.92. The third-order valence-corrected chi connectivity index (χ3v) is 4.01. The van der Waals surface area contributed by atoms with E-state index in [9.17, 15) is 8.42 Å². The smallest absolute Gasteiger partial charge is 0.281 e. The Balaban J connectivity index is 2.30. The van der Waals surface area contributed by atoms with Gasteiger partial charge in [0.15, 0.2) is 5.03 Å². The number of anilines is 1. The zero-order valence-corrected chi connectivity index (χ0v) is 12.0. The summed E-state index contributed by atoms with van der Waals surface area (Å²) in [6, 6.07) is 3.09. The van der Waals surface area contributed by atoms with Gasteiger partial charge in [0.1, 0.15) is 5.15 Å². The van der Waals surface area contributed by atoms with E-state index in [1.807, 2.05) is 6.92 Å². The molecule has 8 heteroatoms. The molecule has 2 aromatic heterocycles. The van der Waals surface area contributed by atoms with Crippen molar-refractivity contribution >= 4 is 27.3 Å². The molecule has 0 amide bonds. The molecule has 102 valence electrons. The van der Waals surface area contributed by atoms with Crippen LogP contribution in [0.15, 0.2) is 29.7 Å². The monoisotopic (exact) mass is 300 g/mol. The highest BCUT2D eigenvalue weighted by atomic mass is 35.5. The van der Waals surface area contributed by atoms with Crippen LogP contribution >= 0.6 is 11.6 Å². The van der Waals surface area contributed by atoms with Gasteiger partial charge in [-0.3, -0.25) is 4.72 Å². The molecular weight excluding hydrogens is 288 g/mol. The first kappa shape index (κ1) is 13.8. The van der Waals surface area contributed by atoms with E-state index in [4.69, 9.17) is 11.6 Å². The van der Waals surface area contributed by atoms with Gasteiger partial charge in [-0.2, -0.15) is 8.42 Å². The van der Waals surface area contributed by atoms with Gasteiger partial charge >= 0.3 is 0 Å². The predicted octanol–water partition coefficient (Wildman–Crippen LogP) is 2.06. The fourth-order valence-electron chi connectivity index (χ4n) is 1.49. The number of pyridine rings is 1. The molecule has 6 nitrogen and oxygen atoms in total. The van der Waals surface area contributed by atoms with Crippen LogP contribution in [0, 0.1) is 6.92 Å². The summed E-state index contributed by atoms with van der Waals surface area (Å²) in [6.07, 6.45) is 2.95. The highest BCUT2D eigenvalue weighted by Crippen LogP contribution is 2.19. The summed E-state index contributed by atoms with van der Waals surface area (Å²) in [4.78, 5) is 7.85. The van der Waals surface area contributed by atoms with Gasteiger partial charge in [-0.15, -0.1) is 0 Å². The molecule has 0 spiro atoms. The Morgan fingerprint density at radius 3 is 2.74 bits per heavy atom. The van der Waals surface area contributed by atoms with Gasteiger partial charge in [0, 0.05) is 12.7 Å². The number of sulfonamides is 1. The van der Waals surface area contributed by atoms with Crippen LogP contribution in [0.3, 0.4) is 0 Å². The number of halogens is 1. The molecule has 2 heterocycles. The Morgan fingerprint density at radius 2 is 2.16 bits per heavy atom. The zero-order chi connectivity index (χ0) is 14.0. The van der Waals surface area contributed by atoms with Crippen molar-refractivity contribution in [3.63, 3.8) is 0 Å². The fourth-order valence-corrected chi connectivity index (χ4v) is 2.75. The van der Waals surface area contributed by atoms with E-state index >= 15 is 0 Å². The van der Waals surface area contributed by atoms with Crippen molar-refractivity contribution in [3.8, 4) is 0 Å². The average Bonchev–Trinajstić information content (AvgIpc) is 2.82. The molecule has 0 aliphatic rings. The first-order chi connectivity index (χ1) is 8.92. The van der Waals surface area contributed by atoms with Gasteiger partial charge < -0.3 is 4.57 Å². The van der Waals surface area contributed by atoms with Crippen molar-refractivity contribution in [1.29, 1.82) is 0 Å². The molecule has 0 saturated heterocycles. The number of nitrogens with one attached hydrogen (secondary N) is 1. The van der Waals surface area contributed by atoms with Gasteiger partial charge in [-0.1, -0.05) is 11.6 Å². The minimum Gasteiger partial charge on any atom is -0.336 e. The van der Waals surface area contributed by atoms with Crippen molar-refractivity contribution in [2.75, 3.05) is 4.72 Å². The lowest BCUT2D eigenvalue weighted by Gasteiger charge is -2.08. The molecule has 0 saturated carbocycles. The van der Waals surface area contributed by atoms with Crippen LogP contribution in [0.2, 0.25) is 5.15 Å². The van der Waals surface area contributed by atoms with Crippen molar-refractivity contribution in [2.45, 2.75) is 25.4 Å². The van der Waals surface area contributed by atoms with Crippen molar-refractivity contribution in [3.05, 3.63) is 35.5 Å². The van der Waals surface area contributed by atoms with Gasteiger partial charge in [-0.05, 0) is 26.0 Å². The van der Waals surface area contributed by atoms with Crippen molar-refractivity contribution in [1.82, 2.24) is 14.5 Å². The number of imidazole rings is 1. The van der Waals surface area contributed by atoms with Crippen LogP contribution < -0.4 is 4.72 Å². The van der Waals surface area contributed by atoms with Crippen LogP contribution in [0.4, 0.5) is 5.69 Å². The Morgan fingerprint density at radius 1 is 1.42 bits per heavy atom. The number of rotatable bonds is 4. The summed E-state index contributed by atoms with van der Waals surface area (Å²) in [5.74, 6) is 0. The molecular formula is C11H13ClN4O2S. The quantitative estimate of drug-likeness (QED) is 0.877. The first-order valence-electron chi connectivity index (χ1n) is 5.60. The molecule has 0 radical (unpaired) electrons. The Bertz CT molecular complexity index is 696. The lowest BCUT2D eigenvalue weighted by Crippen LogP contribution is -2.14. The number of aryl methyl sites for hydroxylation is 2. The van der Waals surface area contributed by atoms with E-state index in [0.29, 0.717) is 23.1 Å². The SMILES string of the molecule is CCn1cnc(S(=O)(=O)Nc2ccc(Cl)nc2C)c1. The normalized spacial score (nSPS) is 11.5. The number of hydrogen-bond acceptors (Lipinski definition) is 4. The van der Waals surface area contributed by atoms with Gasteiger partial charge in [0.2, 0.25) is 0 Å². The molecule has 0 atom stereocenters.